The summed E-state index contributed by atoms with van der Waals surface area (Å²) in [6, 6.07) is 4.50. The van der Waals surface area contributed by atoms with Crippen LogP contribution >= 0.6 is 0 Å². The maximum absolute atomic E-state index is 5.58. The molecule has 0 aliphatic heterocycles. The van der Waals surface area contributed by atoms with Gasteiger partial charge in [-0.2, -0.15) is 0 Å². The summed E-state index contributed by atoms with van der Waals surface area (Å²) >= 11 is 0. The number of nitrogens with two attached hydrogens (primary N) is 1. The van der Waals surface area contributed by atoms with Crippen molar-refractivity contribution in [3.63, 3.8) is 0 Å². The third kappa shape index (κ3) is 3.07. The molecule has 0 aliphatic rings. The van der Waals surface area contributed by atoms with E-state index >= 15 is 0 Å². The van der Waals surface area contributed by atoms with Gasteiger partial charge < -0.3 is 5.73 Å². The Hall–Kier alpha value is -0.820. The van der Waals surface area contributed by atoms with Gasteiger partial charge in [0, 0.05) is 0 Å². The molecule has 0 aliphatic carbocycles. The van der Waals surface area contributed by atoms with Crippen LogP contribution in [0.3, 0.4) is 0 Å². The zero-order valence-corrected chi connectivity index (χ0v) is 10.4. The van der Waals surface area contributed by atoms with E-state index in [1.54, 1.807) is 0 Å². The Bertz CT molecular complexity index is 328. The molecule has 0 saturated carbocycles. The number of aryl methyl sites for hydroxylation is 1. The van der Waals surface area contributed by atoms with Crippen molar-refractivity contribution >= 4 is 0 Å². The minimum atomic E-state index is 0.691. The van der Waals surface area contributed by atoms with Crippen molar-refractivity contribution in [1.29, 1.82) is 0 Å². The smallest absolute Gasteiger partial charge is 0.00746 e. The molecule has 1 aromatic carbocycles. The summed E-state index contributed by atoms with van der Waals surface area (Å²) in [6.45, 7) is 9.69. The lowest BCUT2D eigenvalue weighted by molar-refractivity contribution is 0.537. The average Bonchev–Trinajstić information content (AvgIpc) is 2.20. The van der Waals surface area contributed by atoms with Gasteiger partial charge in [-0.25, -0.2) is 0 Å². The molecule has 1 atom stereocenters. The quantitative estimate of drug-likeness (QED) is 0.803. The zero-order chi connectivity index (χ0) is 11.4. The highest BCUT2D eigenvalue weighted by molar-refractivity contribution is 5.38. The minimum Gasteiger partial charge on any atom is -0.330 e. The fourth-order valence-corrected chi connectivity index (χ4v) is 2.00. The predicted octanol–water partition coefficient (Wildman–Crippen LogP) is 3.14. The van der Waals surface area contributed by atoms with E-state index in [1.807, 2.05) is 0 Å². The molecule has 0 spiro atoms. The van der Waals surface area contributed by atoms with Crippen LogP contribution in [0.25, 0.3) is 0 Å². The van der Waals surface area contributed by atoms with Crippen LogP contribution in [0, 0.1) is 26.7 Å². The van der Waals surface area contributed by atoms with E-state index in [0.29, 0.717) is 5.92 Å². The Morgan fingerprint density at radius 2 is 1.80 bits per heavy atom. The Kier molecular flexibility index (Phi) is 4.34. The summed E-state index contributed by atoms with van der Waals surface area (Å²) in [4.78, 5) is 0. The molecule has 1 nitrogen and oxygen atoms in total. The van der Waals surface area contributed by atoms with Crippen LogP contribution in [0.5, 0.6) is 0 Å². The molecule has 15 heavy (non-hydrogen) atoms. The second-order valence-corrected chi connectivity index (χ2v) is 4.68. The van der Waals surface area contributed by atoms with E-state index < -0.39 is 0 Å². The molecule has 0 fully saturated rings. The van der Waals surface area contributed by atoms with Gasteiger partial charge in [-0.05, 0) is 68.3 Å². The first-order valence-electron chi connectivity index (χ1n) is 5.82. The normalized spacial score (nSPS) is 12.9. The maximum atomic E-state index is 5.58. The standard InChI is InChI=1S/C14H23N/c1-10(7-8-15)9-14-6-5-11(2)12(3)13(14)4/h5-6,10H,7-9,15H2,1-4H3. The molecule has 0 bridgehead atoms. The highest BCUT2D eigenvalue weighted by Gasteiger charge is 2.07. The summed E-state index contributed by atoms with van der Waals surface area (Å²) < 4.78 is 0. The molecule has 2 N–H and O–H groups in total. The van der Waals surface area contributed by atoms with E-state index in [4.69, 9.17) is 5.73 Å². The van der Waals surface area contributed by atoms with E-state index in [1.165, 1.54) is 22.3 Å². The van der Waals surface area contributed by atoms with Crippen LogP contribution in [0.15, 0.2) is 12.1 Å². The maximum Gasteiger partial charge on any atom is -0.00746 e. The number of rotatable bonds is 4. The van der Waals surface area contributed by atoms with Crippen molar-refractivity contribution in [2.24, 2.45) is 11.7 Å². The monoisotopic (exact) mass is 205 g/mol. The highest BCUT2D eigenvalue weighted by atomic mass is 14.5. The summed E-state index contributed by atoms with van der Waals surface area (Å²) in [5.74, 6) is 0.691. The first-order chi connectivity index (χ1) is 7.06. The Morgan fingerprint density at radius 1 is 1.13 bits per heavy atom. The lowest BCUT2D eigenvalue weighted by Crippen LogP contribution is -2.09. The van der Waals surface area contributed by atoms with Crippen LogP contribution < -0.4 is 5.73 Å². The summed E-state index contributed by atoms with van der Waals surface area (Å²) in [5.41, 5.74) is 11.3. The molecular weight excluding hydrogens is 182 g/mol. The number of hydrogen-bond acceptors (Lipinski definition) is 1. The molecule has 1 unspecified atom stereocenters. The van der Waals surface area contributed by atoms with Crippen LogP contribution in [0.4, 0.5) is 0 Å². The zero-order valence-electron chi connectivity index (χ0n) is 10.4. The summed E-state index contributed by atoms with van der Waals surface area (Å²) in [7, 11) is 0. The molecule has 0 heterocycles. The van der Waals surface area contributed by atoms with E-state index in [-0.39, 0.29) is 0 Å². The second-order valence-electron chi connectivity index (χ2n) is 4.68. The molecular formula is C14H23N. The minimum absolute atomic E-state index is 0.691. The molecule has 0 radical (unpaired) electrons. The third-order valence-corrected chi connectivity index (χ3v) is 3.40. The average molecular weight is 205 g/mol. The Balaban J connectivity index is 2.82. The van der Waals surface area contributed by atoms with Crippen LogP contribution in [-0.4, -0.2) is 6.54 Å². The first-order valence-corrected chi connectivity index (χ1v) is 5.82. The second kappa shape index (κ2) is 5.32. The molecule has 0 aromatic heterocycles. The van der Waals surface area contributed by atoms with E-state index in [2.05, 4.69) is 39.8 Å². The first kappa shape index (κ1) is 12.3. The van der Waals surface area contributed by atoms with E-state index in [0.717, 1.165) is 19.4 Å². The Labute approximate surface area is 93.7 Å². The predicted molar refractivity (Wildman–Crippen MR) is 67.2 cm³/mol. The molecule has 0 saturated heterocycles. The largest absolute Gasteiger partial charge is 0.330 e. The van der Waals surface area contributed by atoms with Gasteiger partial charge in [0.25, 0.3) is 0 Å². The van der Waals surface area contributed by atoms with Crippen molar-refractivity contribution < 1.29 is 0 Å². The lowest BCUT2D eigenvalue weighted by atomic mass is 9.91. The number of benzene rings is 1. The van der Waals surface area contributed by atoms with E-state index in [9.17, 15) is 0 Å². The van der Waals surface area contributed by atoms with Crippen molar-refractivity contribution in [2.45, 2.75) is 40.5 Å². The Morgan fingerprint density at radius 3 is 2.40 bits per heavy atom. The van der Waals surface area contributed by atoms with Crippen molar-refractivity contribution in [2.75, 3.05) is 6.54 Å². The molecule has 1 aromatic rings. The van der Waals surface area contributed by atoms with Gasteiger partial charge in [0.15, 0.2) is 0 Å². The number of hydrogen-bond donors (Lipinski definition) is 1. The van der Waals surface area contributed by atoms with Crippen molar-refractivity contribution in [1.82, 2.24) is 0 Å². The van der Waals surface area contributed by atoms with Gasteiger partial charge >= 0.3 is 0 Å². The molecule has 84 valence electrons. The topological polar surface area (TPSA) is 26.0 Å². The van der Waals surface area contributed by atoms with Gasteiger partial charge in [0.05, 0.1) is 0 Å². The molecule has 1 heteroatoms. The third-order valence-electron chi connectivity index (χ3n) is 3.40. The molecule has 1 rings (SSSR count). The SMILES string of the molecule is Cc1ccc(CC(C)CCN)c(C)c1C. The summed E-state index contributed by atoms with van der Waals surface area (Å²) in [6.07, 6.45) is 2.27. The van der Waals surface area contributed by atoms with Gasteiger partial charge in [0.1, 0.15) is 0 Å². The van der Waals surface area contributed by atoms with Crippen LogP contribution in [0.1, 0.15) is 35.6 Å². The van der Waals surface area contributed by atoms with Gasteiger partial charge in [-0.3, -0.25) is 0 Å². The van der Waals surface area contributed by atoms with Crippen molar-refractivity contribution in [3.8, 4) is 0 Å². The fourth-order valence-electron chi connectivity index (χ4n) is 2.00. The summed E-state index contributed by atoms with van der Waals surface area (Å²) in [5, 5.41) is 0. The van der Waals surface area contributed by atoms with Gasteiger partial charge in [-0.15, -0.1) is 0 Å². The van der Waals surface area contributed by atoms with Crippen LogP contribution in [-0.2, 0) is 6.42 Å². The van der Waals surface area contributed by atoms with Crippen molar-refractivity contribution in [3.05, 3.63) is 34.4 Å². The highest BCUT2D eigenvalue weighted by Crippen LogP contribution is 2.20. The molecule has 0 amide bonds. The fraction of sp³-hybridized carbons (Fsp3) is 0.571. The lowest BCUT2D eigenvalue weighted by Gasteiger charge is -2.15. The van der Waals surface area contributed by atoms with Gasteiger partial charge in [0.2, 0.25) is 0 Å². The van der Waals surface area contributed by atoms with Crippen LogP contribution in [0.2, 0.25) is 0 Å². The van der Waals surface area contributed by atoms with Gasteiger partial charge in [-0.1, -0.05) is 19.1 Å².